The summed E-state index contributed by atoms with van der Waals surface area (Å²) in [6, 6.07) is 3.74. The minimum Gasteiger partial charge on any atom is -0.339 e. The third-order valence-corrected chi connectivity index (χ3v) is 3.56. The van der Waals surface area contributed by atoms with Crippen LogP contribution < -0.4 is 11.3 Å². The van der Waals surface area contributed by atoms with Crippen LogP contribution in [0.4, 0.5) is 5.82 Å². The van der Waals surface area contributed by atoms with E-state index in [1.54, 1.807) is 11.0 Å². The number of hydrogen-bond donors (Lipinski definition) is 2. The van der Waals surface area contributed by atoms with Gasteiger partial charge in [0.05, 0.1) is 0 Å². The number of nitrogens with zero attached hydrogens (tertiary/aromatic N) is 2. The van der Waals surface area contributed by atoms with Crippen LogP contribution in [0.15, 0.2) is 12.1 Å². The van der Waals surface area contributed by atoms with E-state index in [0.717, 1.165) is 12.1 Å². The maximum absolute atomic E-state index is 12.5. The molecule has 0 saturated heterocycles. The van der Waals surface area contributed by atoms with Crippen molar-refractivity contribution in [3.8, 4) is 0 Å². The maximum atomic E-state index is 12.5. The molecule has 0 aliphatic carbocycles. The first kappa shape index (κ1) is 16.4. The molecule has 0 aliphatic rings. The van der Waals surface area contributed by atoms with Crippen LogP contribution in [-0.2, 0) is 5.41 Å². The van der Waals surface area contributed by atoms with E-state index in [4.69, 9.17) is 5.84 Å². The lowest BCUT2D eigenvalue weighted by Gasteiger charge is -2.25. The van der Waals surface area contributed by atoms with Crippen LogP contribution in [0, 0.1) is 0 Å². The summed E-state index contributed by atoms with van der Waals surface area (Å²) in [5, 5.41) is 0. The lowest BCUT2D eigenvalue weighted by Crippen LogP contribution is -2.35. The quantitative estimate of drug-likeness (QED) is 0.656. The molecule has 0 spiro atoms. The van der Waals surface area contributed by atoms with Crippen LogP contribution in [0.1, 0.15) is 57.1 Å². The monoisotopic (exact) mass is 278 g/mol. The molecule has 1 amide bonds. The van der Waals surface area contributed by atoms with Gasteiger partial charge in [0, 0.05) is 29.8 Å². The number of nitrogen functional groups attached to an aromatic ring is 1. The predicted octanol–water partition coefficient (Wildman–Crippen LogP) is 2.54. The van der Waals surface area contributed by atoms with Gasteiger partial charge in [0.1, 0.15) is 5.82 Å². The zero-order valence-electron chi connectivity index (χ0n) is 13.3. The third-order valence-electron chi connectivity index (χ3n) is 3.56. The molecule has 1 unspecified atom stereocenters. The summed E-state index contributed by atoms with van der Waals surface area (Å²) in [7, 11) is 1.82. The van der Waals surface area contributed by atoms with Crippen molar-refractivity contribution in [1.29, 1.82) is 0 Å². The van der Waals surface area contributed by atoms with Gasteiger partial charge >= 0.3 is 0 Å². The molecule has 20 heavy (non-hydrogen) atoms. The largest absolute Gasteiger partial charge is 0.339 e. The highest BCUT2D eigenvalue weighted by molar-refractivity contribution is 5.95. The number of pyridine rings is 1. The van der Waals surface area contributed by atoms with Gasteiger partial charge in [0.25, 0.3) is 5.91 Å². The molecule has 1 aromatic heterocycles. The Labute approximate surface area is 121 Å². The Hall–Kier alpha value is -1.62. The lowest BCUT2D eigenvalue weighted by atomic mass is 9.90. The molecule has 0 fully saturated rings. The van der Waals surface area contributed by atoms with E-state index >= 15 is 0 Å². The molecule has 112 valence electrons. The van der Waals surface area contributed by atoms with Crippen molar-refractivity contribution in [2.45, 2.75) is 52.5 Å². The minimum absolute atomic E-state index is 0.0104. The molecule has 0 bridgehead atoms. The Balaban J connectivity index is 3.21. The second-order valence-corrected chi connectivity index (χ2v) is 6.19. The SMILES string of the molecule is CCC(C)N(C)C(=O)c1cc(NN)nc(C(C)(C)C)c1. The van der Waals surface area contributed by atoms with E-state index in [0.29, 0.717) is 11.4 Å². The second-order valence-electron chi connectivity index (χ2n) is 6.19. The van der Waals surface area contributed by atoms with E-state index < -0.39 is 0 Å². The molecule has 0 radical (unpaired) electrons. The van der Waals surface area contributed by atoms with Gasteiger partial charge < -0.3 is 10.3 Å². The molecule has 1 heterocycles. The first-order chi connectivity index (χ1) is 9.20. The summed E-state index contributed by atoms with van der Waals surface area (Å²) >= 11 is 0. The highest BCUT2D eigenvalue weighted by Crippen LogP contribution is 2.24. The van der Waals surface area contributed by atoms with Crippen molar-refractivity contribution in [3.05, 3.63) is 23.4 Å². The van der Waals surface area contributed by atoms with Gasteiger partial charge in [0.15, 0.2) is 0 Å². The molecule has 5 heteroatoms. The molecule has 5 nitrogen and oxygen atoms in total. The highest BCUT2D eigenvalue weighted by atomic mass is 16.2. The Morgan fingerprint density at radius 2 is 2.05 bits per heavy atom. The van der Waals surface area contributed by atoms with Gasteiger partial charge in [0.2, 0.25) is 0 Å². The van der Waals surface area contributed by atoms with E-state index in [1.807, 2.05) is 20.0 Å². The number of rotatable bonds is 4. The Morgan fingerprint density at radius 1 is 1.45 bits per heavy atom. The maximum Gasteiger partial charge on any atom is 0.254 e. The van der Waals surface area contributed by atoms with Crippen LogP contribution in [-0.4, -0.2) is 28.9 Å². The standard InChI is InChI=1S/C15H26N4O/c1-7-10(2)19(6)14(20)11-8-12(15(3,4)5)17-13(9-11)18-16/h8-10H,7,16H2,1-6H3,(H,17,18). The van der Waals surface area contributed by atoms with Gasteiger partial charge in [-0.15, -0.1) is 0 Å². The highest BCUT2D eigenvalue weighted by Gasteiger charge is 2.22. The van der Waals surface area contributed by atoms with Crippen molar-refractivity contribution >= 4 is 11.7 Å². The van der Waals surface area contributed by atoms with E-state index in [9.17, 15) is 4.79 Å². The molecule has 0 aromatic carbocycles. The molecule has 3 N–H and O–H groups in total. The van der Waals surface area contributed by atoms with Crippen molar-refractivity contribution in [2.75, 3.05) is 12.5 Å². The van der Waals surface area contributed by atoms with Crippen LogP contribution in [0.25, 0.3) is 0 Å². The topological polar surface area (TPSA) is 71.2 Å². The first-order valence-corrected chi connectivity index (χ1v) is 6.97. The normalized spacial score (nSPS) is 12.9. The van der Waals surface area contributed by atoms with Crippen molar-refractivity contribution in [3.63, 3.8) is 0 Å². The van der Waals surface area contributed by atoms with Crippen molar-refractivity contribution in [2.24, 2.45) is 5.84 Å². The second kappa shape index (κ2) is 6.22. The molecule has 1 aromatic rings. The number of nitrogens with one attached hydrogen (secondary N) is 1. The van der Waals surface area contributed by atoms with E-state index in [-0.39, 0.29) is 17.4 Å². The Bertz CT molecular complexity index is 479. The zero-order valence-corrected chi connectivity index (χ0v) is 13.3. The summed E-state index contributed by atoms with van der Waals surface area (Å²) in [6.07, 6.45) is 0.918. The van der Waals surface area contributed by atoms with Gasteiger partial charge in [-0.05, 0) is 25.5 Å². The van der Waals surface area contributed by atoms with Gasteiger partial charge in [-0.3, -0.25) is 4.79 Å². The zero-order chi connectivity index (χ0) is 15.5. The molecule has 1 atom stereocenters. The van der Waals surface area contributed by atoms with Crippen LogP contribution in [0.3, 0.4) is 0 Å². The predicted molar refractivity (Wildman–Crippen MR) is 82.6 cm³/mol. The lowest BCUT2D eigenvalue weighted by molar-refractivity contribution is 0.0740. The number of anilines is 1. The molecule has 1 rings (SSSR count). The summed E-state index contributed by atoms with van der Waals surface area (Å²) < 4.78 is 0. The average Bonchev–Trinajstić information content (AvgIpc) is 2.43. The number of aromatic nitrogens is 1. The van der Waals surface area contributed by atoms with Crippen LogP contribution >= 0.6 is 0 Å². The van der Waals surface area contributed by atoms with Crippen molar-refractivity contribution < 1.29 is 4.79 Å². The van der Waals surface area contributed by atoms with Gasteiger partial charge in [-0.2, -0.15) is 0 Å². The first-order valence-electron chi connectivity index (χ1n) is 6.97. The summed E-state index contributed by atoms with van der Waals surface area (Å²) in [5.74, 6) is 5.96. The number of nitrogens with two attached hydrogens (primary N) is 1. The molecular weight excluding hydrogens is 252 g/mol. The third kappa shape index (κ3) is 3.70. The van der Waals surface area contributed by atoms with Gasteiger partial charge in [-0.1, -0.05) is 27.7 Å². The summed E-state index contributed by atoms with van der Waals surface area (Å²) in [5.41, 5.74) is 3.85. The average molecular weight is 278 g/mol. The Morgan fingerprint density at radius 3 is 2.50 bits per heavy atom. The van der Waals surface area contributed by atoms with Crippen LogP contribution in [0.5, 0.6) is 0 Å². The molecule has 0 aliphatic heterocycles. The van der Waals surface area contributed by atoms with E-state index in [2.05, 4.69) is 38.1 Å². The molecular formula is C15H26N4O. The number of carbonyl (C=O) groups is 1. The minimum atomic E-state index is -0.142. The molecule has 0 saturated carbocycles. The number of hydrazine groups is 1. The fraction of sp³-hybridized carbons (Fsp3) is 0.600. The number of hydrogen-bond acceptors (Lipinski definition) is 4. The van der Waals surface area contributed by atoms with Gasteiger partial charge in [-0.25, -0.2) is 10.8 Å². The smallest absolute Gasteiger partial charge is 0.254 e. The summed E-state index contributed by atoms with van der Waals surface area (Å²) in [6.45, 7) is 10.3. The van der Waals surface area contributed by atoms with E-state index in [1.165, 1.54) is 0 Å². The Kier molecular flexibility index (Phi) is 5.11. The summed E-state index contributed by atoms with van der Waals surface area (Å²) in [4.78, 5) is 18.7. The van der Waals surface area contributed by atoms with Crippen LogP contribution in [0.2, 0.25) is 0 Å². The fourth-order valence-electron chi connectivity index (χ4n) is 1.79. The number of carbonyl (C=O) groups excluding carboxylic acids is 1. The van der Waals surface area contributed by atoms with Crippen molar-refractivity contribution in [1.82, 2.24) is 9.88 Å². The number of amides is 1. The fourth-order valence-corrected chi connectivity index (χ4v) is 1.79.